The van der Waals surface area contributed by atoms with E-state index in [4.69, 9.17) is 21.3 Å². The molecule has 0 bridgehead atoms. The third kappa shape index (κ3) is 6.54. The number of benzene rings is 1. The summed E-state index contributed by atoms with van der Waals surface area (Å²) in [6.45, 7) is 2.86. The van der Waals surface area contributed by atoms with E-state index in [0.717, 1.165) is 68.5 Å². The summed E-state index contributed by atoms with van der Waals surface area (Å²) in [6.07, 6.45) is 15.0. The molecule has 3 aromatic rings. The third-order valence-electron chi connectivity index (χ3n) is 10.6. The number of halogens is 1. The van der Waals surface area contributed by atoms with Gasteiger partial charge >= 0.3 is 6.09 Å². The van der Waals surface area contributed by atoms with Gasteiger partial charge in [-0.15, -0.1) is 0 Å². The van der Waals surface area contributed by atoms with Crippen LogP contribution in [0.4, 0.5) is 4.79 Å². The van der Waals surface area contributed by atoms with E-state index in [1.807, 2.05) is 42.8 Å². The van der Waals surface area contributed by atoms with Gasteiger partial charge in [0.05, 0.1) is 18.1 Å². The Hall–Kier alpha value is -3.43. The molecule has 10 heteroatoms. The summed E-state index contributed by atoms with van der Waals surface area (Å²) >= 11 is 6.48. The van der Waals surface area contributed by atoms with Crippen LogP contribution in [0.15, 0.2) is 49.1 Å². The molecular formula is C36H45ClN6O3. The molecule has 7 rings (SSSR count). The van der Waals surface area contributed by atoms with Crippen molar-refractivity contribution in [2.45, 2.75) is 82.4 Å². The Morgan fingerprint density at radius 3 is 2.65 bits per heavy atom. The number of aryl methyl sites for hydroxylation is 3. The molecule has 1 aromatic carbocycles. The van der Waals surface area contributed by atoms with E-state index in [1.165, 1.54) is 28.8 Å². The molecule has 3 atom stereocenters. The first-order valence-electron chi connectivity index (χ1n) is 17.1. The number of ether oxygens (including phenoxy) is 1. The number of fused-ring (bicyclic) bond motifs is 2. The number of piperidine rings is 1. The van der Waals surface area contributed by atoms with Crippen molar-refractivity contribution >= 4 is 23.6 Å². The second kappa shape index (κ2) is 13.7. The molecule has 46 heavy (non-hydrogen) atoms. The van der Waals surface area contributed by atoms with Gasteiger partial charge in [-0.3, -0.25) is 19.6 Å². The Morgan fingerprint density at radius 2 is 1.83 bits per heavy atom. The van der Waals surface area contributed by atoms with Gasteiger partial charge in [0.25, 0.3) is 0 Å². The molecule has 2 aliphatic heterocycles. The summed E-state index contributed by atoms with van der Waals surface area (Å²) < 4.78 is 8.15. The van der Waals surface area contributed by atoms with E-state index in [9.17, 15) is 9.59 Å². The number of aromatic nitrogens is 3. The zero-order chi connectivity index (χ0) is 31.6. The fourth-order valence-corrected chi connectivity index (χ4v) is 8.33. The predicted octanol–water partition coefficient (Wildman–Crippen LogP) is 5.59. The maximum Gasteiger partial charge on any atom is 0.410 e. The highest BCUT2D eigenvalue weighted by molar-refractivity contribution is 6.30. The first-order valence-corrected chi connectivity index (χ1v) is 17.5. The molecule has 2 amide bonds. The van der Waals surface area contributed by atoms with Gasteiger partial charge in [-0.2, -0.15) is 0 Å². The highest BCUT2D eigenvalue weighted by atomic mass is 35.5. The average Bonchev–Trinajstić information content (AvgIpc) is 3.40. The van der Waals surface area contributed by atoms with Gasteiger partial charge in [-0.25, -0.2) is 9.78 Å². The minimum absolute atomic E-state index is 0.0196. The van der Waals surface area contributed by atoms with Crippen molar-refractivity contribution in [1.82, 2.24) is 29.2 Å². The first-order chi connectivity index (χ1) is 22.4. The lowest BCUT2D eigenvalue weighted by Gasteiger charge is -2.45. The second-order valence-electron chi connectivity index (χ2n) is 13.6. The number of piperazine rings is 1. The predicted molar refractivity (Wildman–Crippen MR) is 177 cm³/mol. The molecule has 0 N–H and O–H groups in total. The molecule has 9 nitrogen and oxygen atoms in total. The molecular weight excluding hydrogens is 600 g/mol. The zero-order valence-corrected chi connectivity index (χ0v) is 27.6. The zero-order valence-electron chi connectivity index (χ0n) is 26.8. The molecule has 4 heterocycles. The number of carbonyl (C=O) groups excluding carboxylic acids is 2. The maximum absolute atomic E-state index is 14.6. The van der Waals surface area contributed by atoms with Crippen LogP contribution >= 0.6 is 11.6 Å². The lowest BCUT2D eigenvalue weighted by molar-refractivity contribution is -0.141. The number of carbonyl (C=O) groups is 2. The summed E-state index contributed by atoms with van der Waals surface area (Å²) in [5.41, 5.74) is 5.82. The highest BCUT2D eigenvalue weighted by Gasteiger charge is 2.43. The molecule has 244 valence electrons. The van der Waals surface area contributed by atoms with Crippen molar-refractivity contribution < 1.29 is 14.3 Å². The van der Waals surface area contributed by atoms with E-state index in [2.05, 4.69) is 32.7 Å². The van der Waals surface area contributed by atoms with Crippen LogP contribution in [0.1, 0.15) is 79.1 Å². The number of amides is 2. The monoisotopic (exact) mass is 644 g/mol. The summed E-state index contributed by atoms with van der Waals surface area (Å²) in [5, 5.41) is 0.727. The number of likely N-dealkylation sites (tertiary alicyclic amines) is 1. The Kier molecular flexibility index (Phi) is 9.31. The van der Waals surface area contributed by atoms with Gasteiger partial charge in [0.2, 0.25) is 5.91 Å². The van der Waals surface area contributed by atoms with Crippen LogP contribution in [-0.2, 0) is 35.8 Å². The molecule has 0 radical (unpaired) electrons. The number of nitrogens with zero attached hydrogens (tertiary/aromatic N) is 6. The van der Waals surface area contributed by atoms with Gasteiger partial charge in [0.15, 0.2) is 0 Å². The number of hydrogen-bond acceptors (Lipinski definition) is 6. The number of hydrogen-bond donors (Lipinski definition) is 0. The average molecular weight is 645 g/mol. The summed E-state index contributed by atoms with van der Waals surface area (Å²) in [4.78, 5) is 43.8. The smallest absolute Gasteiger partial charge is 0.410 e. The lowest BCUT2D eigenvalue weighted by atomic mass is 9.92. The third-order valence-corrected chi connectivity index (χ3v) is 10.8. The Labute approximate surface area is 276 Å². The number of imidazole rings is 1. The van der Waals surface area contributed by atoms with Gasteiger partial charge in [0, 0.05) is 62.9 Å². The lowest BCUT2D eigenvalue weighted by Crippen LogP contribution is -2.62. The van der Waals surface area contributed by atoms with Crippen LogP contribution in [0, 0.1) is 5.92 Å². The van der Waals surface area contributed by atoms with Crippen LogP contribution in [-0.4, -0.2) is 86.1 Å². The maximum atomic E-state index is 14.6. The van der Waals surface area contributed by atoms with Crippen LogP contribution in [0.25, 0.3) is 0 Å². The van der Waals surface area contributed by atoms with E-state index in [0.29, 0.717) is 38.6 Å². The molecule has 2 aromatic heterocycles. The Bertz CT molecular complexity index is 1550. The molecule has 2 aliphatic carbocycles. The number of pyridine rings is 1. The molecule has 1 saturated carbocycles. The van der Waals surface area contributed by atoms with Gasteiger partial charge in [0.1, 0.15) is 12.1 Å². The van der Waals surface area contributed by atoms with Gasteiger partial charge in [-0.05, 0) is 98.6 Å². The fourth-order valence-electron chi connectivity index (χ4n) is 8.13. The summed E-state index contributed by atoms with van der Waals surface area (Å²) in [7, 11) is 2.02. The van der Waals surface area contributed by atoms with Crippen molar-refractivity contribution in [2.24, 2.45) is 13.0 Å². The first kappa shape index (κ1) is 31.2. The minimum Gasteiger partial charge on any atom is -0.446 e. The van der Waals surface area contributed by atoms with Crippen molar-refractivity contribution in [1.29, 1.82) is 0 Å². The Morgan fingerprint density at radius 1 is 0.978 bits per heavy atom. The van der Waals surface area contributed by atoms with Crippen molar-refractivity contribution in [3.63, 3.8) is 0 Å². The van der Waals surface area contributed by atoms with Crippen molar-refractivity contribution in [2.75, 3.05) is 32.7 Å². The van der Waals surface area contributed by atoms with Crippen LogP contribution in [0.5, 0.6) is 0 Å². The molecule has 2 saturated heterocycles. The topological polar surface area (TPSA) is 83.8 Å². The second-order valence-corrected chi connectivity index (χ2v) is 14.1. The van der Waals surface area contributed by atoms with E-state index in [-0.39, 0.29) is 24.1 Å². The normalized spacial score (nSPS) is 24.2. The fraction of sp³-hybridized carbons (Fsp3) is 0.556. The van der Waals surface area contributed by atoms with Crippen molar-refractivity contribution in [3.8, 4) is 0 Å². The van der Waals surface area contributed by atoms with Crippen LogP contribution in [0.2, 0.25) is 5.02 Å². The quantitative estimate of drug-likeness (QED) is 0.360. The molecule has 3 fully saturated rings. The van der Waals surface area contributed by atoms with E-state index >= 15 is 0 Å². The Balaban J connectivity index is 1.18. The van der Waals surface area contributed by atoms with Crippen LogP contribution < -0.4 is 0 Å². The standard InChI is InChI=1S/C36H45ClN6O3/c1-40-24-38-21-29(40)19-25-7-6-16-42(22-25)35(44)32-23-41(17-18-43(32)36(45)46-30-9-3-2-4-10-30)34-31-14-13-28(37)20-27(31)12-11-26-8-5-15-39-33(26)34/h5,8,13-15,20-21,24-25,30,32,34H,2-4,6-7,9-12,16-19,22-23H2,1H3/t25-,32+,34?/m0/s1. The van der Waals surface area contributed by atoms with Crippen molar-refractivity contribution in [3.05, 3.63) is 82.2 Å². The van der Waals surface area contributed by atoms with Gasteiger partial charge < -0.3 is 14.2 Å². The van der Waals surface area contributed by atoms with Crippen LogP contribution in [0.3, 0.4) is 0 Å². The summed E-state index contributed by atoms with van der Waals surface area (Å²) in [6, 6.07) is 9.57. The summed E-state index contributed by atoms with van der Waals surface area (Å²) in [5.74, 6) is 0.371. The number of rotatable bonds is 5. The molecule has 0 spiro atoms. The molecule has 4 aliphatic rings. The minimum atomic E-state index is -0.633. The van der Waals surface area contributed by atoms with E-state index < -0.39 is 6.04 Å². The van der Waals surface area contributed by atoms with Gasteiger partial charge in [-0.1, -0.05) is 30.2 Å². The van der Waals surface area contributed by atoms with E-state index in [1.54, 1.807) is 4.90 Å². The highest BCUT2D eigenvalue weighted by Crippen LogP contribution is 2.38. The SMILES string of the molecule is Cn1cncc1C[C@@H]1CCCN(C(=O)[C@H]2CN(C3c4ccc(Cl)cc4CCc4cccnc43)CCN2C(=O)OC2CCCCC2)C1. The largest absolute Gasteiger partial charge is 0.446 e. The molecule has 1 unspecified atom stereocenters.